The van der Waals surface area contributed by atoms with Crippen LogP contribution in [-0.4, -0.2) is 23.0 Å². The largest absolute Gasteiger partial charge is 0.304 e. The van der Waals surface area contributed by atoms with E-state index in [1.807, 2.05) is 0 Å². The van der Waals surface area contributed by atoms with Crippen molar-refractivity contribution in [3.63, 3.8) is 0 Å². The summed E-state index contributed by atoms with van der Waals surface area (Å²) in [6.45, 7) is 0. The fourth-order valence-corrected chi connectivity index (χ4v) is 1.98. The quantitative estimate of drug-likeness (QED) is 0.643. The van der Waals surface area contributed by atoms with Crippen LogP contribution < -0.4 is 5.32 Å². The van der Waals surface area contributed by atoms with Gasteiger partial charge in [-0.15, -0.1) is 5.10 Å². The van der Waals surface area contributed by atoms with E-state index < -0.39 is 0 Å². The standard InChI is InChI=1S/C11H10FN3OS/c12-9-3-1-8(2-4-9)7-13-15-11-14-10(16)5-6-17-11/h1-4,7H,5-6H2,(H,14,15,16)/b13-7+. The lowest BCUT2D eigenvalue weighted by molar-refractivity contribution is -0.119. The van der Waals surface area contributed by atoms with Crippen molar-refractivity contribution in [3.8, 4) is 0 Å². The second-order valence-corrected chi connectivity index (χ2v) is 4.43. The van der Waals surface area contributed by atoms with Gasteiger partial charge in [0.05, 0.1) is 6.21 Å². The van der Waals surface area contributed by atoms with Crippen LogP contribution >= 0.6 is 11.8 Å². The van der Waals surface area contributed by atoms with Gasteiger partial charge in [-0.05, 0) is 17.7 Å². The molecule has 0 aromatic heterocycles. The molecule has 17 heavy (non-hydrogen) atoms. The van der Waals surface area contributed by atoms with Gasteiger partial charge in [-0.3, -0.25) is 4.79 Å². The molecule has 0 radical (unpaired) electrons. The van der Waals surface area contributed by atoms with Crippen molar-refractivity contribution in [3.05, 3.63) is 35.6 Å². The van der Waals surface area contributed by atoms with E-state index in [0.717, 1.165) is 11.3 Å². The van der Waals surface area contributed by atoms with Crippen molar-refractivity contribution in [2.45, 2.75) is 6.42 Å². The Kier molecular flexibility index (Phi) is 3.87. The lowest BCUT2D eigenvalue weighted by Gasteiger charge is -2.11. The van der Waals surface area contributed by atoms with Crippen molar-refractivity contribution >= 4 is 29.1 Å². The SMILES string of the molecule is O=C1CCS/C(=N\N=C\c2ccc(F)cc2)N1. The Morgan fingerprint density at radius 1 is 1.35 bits per heavy atom. The van der Waals surface area contributed by atoms with Gasteiger partial charge in [0.25, 0.3) is 0 Å². The van der Waals surface area contributed by atoms with Crippen LogP contribution in [0.4, 0.5) is 4.39 Å². The molecule has 1 heterocycles. The Balaban J connectivity index is 1.98. The molecule has 1 N–H and O–H groups in total. The average molecular weight is 251 g/mol. The average Bonchev–Trinajstić information content (AvgIpc) is 2.32. The van der Waals surface area contributed by atoms with Crippen molar-refractivity contribution in [1.29, 1.82) is 0 Å². The fraction of sp³-hybridized carbons (Fsp3) is 0.182. The molecule has 4 nitrogen and oxygen atoms in total. The van der Waals surface area contributed by atoms with E-state index in [1.165, 1.54) is 30.1 Å². The number of benzene rings is 1. The van der Waals surface area contributed by atoms with Crippen LogP contribution in [0.25, 0.3) is 0 Å². The number of hydrogen-bond donors (Lipinski definition) is 1. The molecule has 0 bridgehead atoms. The smallest absolute Gasteiger partial charge is 0.226 e. The van der Waals surface area contributed by atoms with Gasteiger partial charge >= 0.3 is 0 Å². The van der Waals surface area contributed by atoms with Crippen LogP contribution in [0.2, 0.25) is 0 Å². The third-order valence-corrected chi connectivity index (χ3v) is 2.91. The summed E-state index contributed by atoms with van der Waals surface area (Å²) >= 11 is 1.45. The second-order valence-electron chi connectivity index (χ2n) is 3.35. The zero-order valence-corrected chi connectivity index (χ0v) is 9.71. The van der Waals surface area contributed by atoms with Gasteiger partial charge in [-0.1, -0.05) is 23.9 Å². The zero-order valence-electron chi connectivity index (χ0n) is 8.89. The highest BCUT2D eigenvalue weighted by atomic mass is 32.2. The van der Waals surface area contributed by atoms with Crippen LogP contribution in [-0.2, 0) is 4.79 Å². The summed E-state index contributed by atoms with van der Waals surface area (Å²) in [5, 5.41) is 10.8. The van der Waals surface area contributed by atoms with Crippen LogP contribution in [0.15, 0.2) is 34.5 Å². The van der Waals surface area contributed by atoms with Crippen molar-refractivity contribution < 1.29 is 9.18 Å². The molecule has 1 aliphatic rings. The lowest BCUT2D eigenvalue weighted by atomic mass is 10.2. The number of carbonyl (C=O) groups is 1. The highest BCUT2D eigenvalue weighted by molar-refractivity contribution is 8.14. The number of amides is 1. The Bertz CT molecular complexity index is 470. The number of rotatable bonds is 2. The minimum atomic E-state index is -0.288. The second kappa shape index (κ2) is 5.58. The number of thioether (sulfide) groups is 1. The van der Waals surface area contributed by atoms with Gasteiger partial charge in [0.2, 0.25) is 5.91 Å². The number of halogens is 1. The highest BCUT2D eigenvalue weighted by Crippen LogP contribution is 2.09. The summed E-state index contributed by atoms with van der Waals surface area (Å²) in [5.74, 6) is 0.388. The molecule has 0 saturated carbocycles. The fourth-order valence-electron chi connectivity index (χ4n) is 1.21. The van der Waals surface area contributed by atoms with E-state index in [-0.39, 0.29) is 11.7 Å². The molecule has 1 aromatic carbocycles. The van der Waals surface area contributed by atoms with Crippen molar-refractivity contribution in [2.75, 3.05) is 5.75 Å². The van der Waals surface area contributed by atoms with Gasteiger partial charge in [0.15, 0.2) is 5.17 Å². The molecule has 2 rings (SSSR count). The summed E-state index contributed by atoms with van der Waals surface area (Å²) in [6.07, 6.45) is 2.01. The molecule has 1 aliphatic heterocycles. The molecule has 0 atom stereocenters. The topological polar surface area (TPSA) is 53.8 Å². The number of carbonyl (C=O) groups excluding carboxylic acids is 1. The van der Waals surface area contributed by atoms with Gasteiger partial charge in [-0.25, -0.2) is 4.39 Å². The maximum atomic E-state index is 12.6. The first-order valence-corrected chi connectivity index (χ1v) is 6.02. The third-order valence-electron chi connectivity index (χ3n) is 2.04. The van der Waals surface area contributed by atoms with Crippen LogP contribution in [0.5, 0.6) is 0 Å². The number of nitrogens with zero attached hydrogens (tertiary/aromatic N) is 2. The summed E-state index contributed by atoms with van der Waals surface area (Å²) in [6, 6.07) is 5.91. The molecule has 88 valence electrons. The molecule has 0 aliphatic carbocycles. The van der Waals surface area contributed by atoms with Gasteiger partial charge in [0, 0.05) is 12.2 Å². The first-order chi connectivity index (χ1) is 8.24. The van der Waals surface area contributed by atoms with E-state index >= 15 is 0 Å². The Hall–Kier alpha value is -1.69. The van der Waals surface area contributed by atoms with E-state index in [4.69, 9.17) is 0 Å². The zero-order chi connectivity index (χ0) is 12.1. The summed E-state index contributed by atoms with van der Waals surface area (Å²) in [7, 11) is 0. The molecule has 0 spiro atoms. The summed E-state index contributed by atoms with van der Waals surface area (Å²) in [4.78, 5) is 11.0. The van der Waals surface area contributed by atoms with E-state index in [9.17, 15) is 9.18 Å². The van der Waals surface area contributed by atoms with Crippen LogP contribution in [0.1, 0.15) is 12.0 Å². The molecular formula is C11H10FN3OS. The van der Waals surface area contributed by atoms with E-state index in [0.29, 0.717) is 11.6 Å². The first kappa shape index (κ1) is 11.8. The third kappa shape index (κ3) is 3.67. The summed E-state index contributed by atoms with van der Waals surface area (Å²) in [5.41, 5.74) is 0.753. The Labute approximate surface area is 102 Å². The van der Waals surface area contributed by atoms with Crippen molar-refractivity contribution in [2.24, 2.45) is 10.2 Å². The van der Waals surface area contributed by atoms with Gasteiger partial charge in [-0.2, -0.15) is 5.10 Å². The molecular weight excluding hydrogens is 241 g/mol. The predicted molar refractivity (Wildman–Crippen MR) is 66.6 cm³/mol. The van der Waals surface area contributed by atoms with Gasteiger partial charge in [0.1, 0.15) is 5.82 Å². The molecule has 0 unspecified atom stereocenters. The minimum absolute atomic E-state index is 0.0421. The lowest BCUT2D eigenvalue weighted by Crippen LogP contribution is -2.32. The molecule has 1 saturated heterocycles. The van der Waals surface area contributed by atoms with E-state index in [1.54, 1.807) is 12.1 Å². The first-order valence-electron chi connectivity index (χ1n) is 5.03. The van der Waals surface area contributed by atoms with Crippen LogP contribution in [0, 0.1) is 5.82 Å². The number of hydrogen-bond acceptors (Lipinski definition) is 4. The minimum Gasteiger partial charge on any atom is -0.304 e. The maximum Gasteiger partial charge on any atom is 0.226 e. The summed E-state index contributed by atoms with van der Waals surface area (Å²) < 4.78 is 12.6. The number of amidine groups is 1. The maximum absolute atomic E-state index is 12.6. The molecule has 1 aromatic rings. The van der Waals surface area contributed by atoms with Crippen molar-refractivity contribution in [1.82, 2.24) is 5.32 Å². The monoisotopic (exact) mass is 251 g/mol. The Morgan fingerprint density at radius 3 is 2.82 bits per heavy atom. The number of nitrogens with one attached hydrogen (secondary N) is 1. The van der Waals surface area contributed by atoms with E-state index in [2.05, 4.69) is 15.5 Å². The Morgan fingerprint density at radius 2 is 2.12 bits per heavy atom. The van der Waals surface area contributed by atoms with Crippen LogP contribution in [0.3, 0.4) is 0 Å². The molecule has 1 amide bonds. The highest BCUT2D eigenvalue weighted by Gasteiger charge is 2.13. The molecule has 1 fully saturated rings. The molecule has 6 heteroatoms. The predicted octanol–water partition coefficient (Wildman–Crippen LogP) is 1.77. The normalized spacial score (nSPS) is 18.6. The van der Waals surface area contributed by atoms with Gasteiger partial charge < -0.3 is 5.32 Å².